The fourth-order valence-electron chi connectivity index (χ4n) is 2.45. The lowest BCUT2D eigenvalue weighted by Crippen LogP contribution is -2.30. The number of hydrogen-bond acceptors (Lipinski definition) is 8. The number of aromatic nitrogens is 4. The first-order valence-electron chi connectivity index (χ1n) is 8.00. The molecule has 0 amide bonds. The molecule has 0 unspecified atom stereocenters. The summed E-state index contributed by atoms with van der Waals surface area (Å²) in [5.41, 5.74) is -0.319. The summed E-state index contributed by atoms with van der Waals surface area (Å²) in [5.74, 6) is 0.364. The number of hydrogen-bond donors (Lipinski definition) is 0. The summed E-state index contributed by atoms with van der Waals surface area (Å²) in [7, 11) is -3.79. The normalized spacial score (nSPS) is 12.0. The molecule has 0 aliphatic rings. The van der Waals surface area contributed by atoms with Crippen LogP contribution >= 0.6 is 11.8 Å². The Bertz CT molecular complexity index is 1060. The van der Waals surface area contributed by atoms with Gasteiger partial charge in [0.05, 0.1) is 14.7 Å². The minimum Gasteiger partial charge on any atom is -0.258 e. The number of nitro groups is 1. The van der Waals surface area contributed by atoms with Gasteiger partial charge in [0.1, 0.15) is 0 Å². The van der Waals surface area contributed by atoms with Gasteiger partial charge in [-0.15, -0.1) is 5.10 Å². The highest BCUT2D eigenvalue weighted by molar-refractivity contribution is 7.99. The Balaban J connectivity index is 2.00. The Morgan fingerprint density at radius 3 is 2.67 bits per heavy atom. The molecule has 2 heterocycles. The third kappa shape index (κ3) is 3.77. The van der Waals surface area contributed by atoms with Gasteiger partial charge in [-0.05, 0) is 30.0 Å². The molecule has 3 aromatic rings. The summed E-state index contributed by atoms with van der Waals surface area (Å²) in [4.78, 5) is 19.2. The molecule has 1 aromatic carbocycles. The highest BCUT2D eigenvalue weighted by Gasteiger charge is 2.26. The third-order valence-electron chi connectivity index (χ3n) is 3.77. The largest absolute Gasteiger partial charge is 0.284 e. The van der Waals surface area contributed by atoms with Crippen molar-refractivity contribution in [1.82, 2.24) is 23.9 Å². The van der Waals surface area contributed by atoms with Crippen molar-refractivity contribution >= 4 is 33.3 Å². The third-order valence-corrected chi connectivity index (χ3v) is 6.74. The minimum atomic E-state index is -3.79. The molecule has 0 bridgehead atoms. The molecule has 0 spiro atoms. The maximum atomic E-state index is 12.6. The molecule has 0 atom stereocenters. The van der Waals surface area contributed by atoms with Gasteiger partial charge in [-0.2, -0.15) is 9.29 Å². The molecule has 0 saturated heterocycles. The molecule has 0 saturated carbocycles. The average Bonchev–Trinajstić information content (AvgIpc) is 3.04. The van der Waals surface area contributed by atoms with Gasteiger partial charge in [0.25, 0.3) is 11.5 Å². The molecule has 12 heteroatoms. The molecular formula is C15H16N6O4S2. The van der Waals surface area contributed by atoms with Gasteiger partial charge in [0, 0.05) is 31.5 Å². The van der Waals surface area contributed by atoms with Crippen LogP contribution in [0.1, 0.15) is 13.8 Å². The molecule has 2 aromatic heterocycles. The van der Waals surface area contributed by atoms with Crippen LogP contribution < -0.4 is 0 Å². The van der Waals surface area contributed by atoms with Crippen LogP contribution in [0.15, 0.2) is 51.6 Å². The smallest absolute Gasteiger partial charge is 0.258 e. The first-order valence-corrected chi connectivity index (χ1v) is 10.3. The maximum absolute atomic E-state index is 12.6. The molecule has 142 valence electrons. The van der Waals surface area contributed by atoms with Gasteiger partial charge in [0.15, 0.2) is 0 Å². The van der Waals surface area contributed by atoms with E-state index in [9.17, 15) is 18.5 Å². The van der Waals surface area contributed by atoms with E-state index in [1.165, 1.54) is 21.0 Å². The number of nitrogens with zero attached hydrogens (tertiary/aromatic N) is 6. The summed E-state index contributed by atoms with van der Waals surface area (Å²) in [6, 6.07) is 5.52. The highest BCUT2D eigenvalue weighted by atomic mass is 32.2. The Morgan fingerprint density at radius 2 is 2.04 bits per heavy atom. The summed E-state index contributed by atoms with van der Waals surface area (Å²) in [6.45, 7) is 3.98. The van der Waals surface area contributed by atoms with Crippen LogP contribution in [0.25, 0.3) is 5.78 Å². The van der Waals surface area contributed by atoms with Crippen molar-refractivity contribution in [2.24, 2.45) is 0 Å². The van der Waals surface area contributed by atoms with Crippen molar-refractivity contribution in [3.8, 4) is 0 Å². The van der Waals surface area contributed by atoms with Crippen LogP contribution in [0.4, 0.5) is 5.69 Å². The van der Waals surface area contributed by atoms with E-state index in [-0.39, 0.29) is 33.7 Å². The molecule has 10 nitrogen and oxygen atoms in total. The zero-order valence-corrected chi connectivity index (χ0v) is 16.1. The Hall–Kier alpha value is -2.57. The molecule has 0 aliphatic heterocycles. The van der Waals surface area contributed by atoms with Gasteiger partial charge >= 0.3 is 0 Å². The standard InChI is InChI=1S/C15H16N6O4S2/c1-3-19(4-2)27(24,25)11-6-7-13(12(10-11)21(22)23)26-15-17-14-16-8-5-9-20(14)18-15/h5-10H,3-4H2,1-2H3. The fraction of sp³-hybridized carbons (Fsp3) is 0.267. The molecule has 0 radical (unpaired) electrons. The molecule has 3 rings (SSSR count). The summed E-state index contributed by atoms with van der Waals surface area (Å²) in [6.07, 6.45) is 3.22. The number of benzene rings is 1. The lowest BCUT2D eigenvalue weighted by atomic mass is 10.3. The van der Waals surface area contributed by atoms with Crippen molar-refractivity contribution in [1.29, 1.82) is 0 Å². The monoisotopic (exact) mass is 408 g/mol. The van der Waals surface area contributed by atoms with E-state index in [1.807, 2.05) is 0 Å². The second-order valence-corrected chi connectivity index (χ2v) is 8.28. The van der Waals surface area contributed by atoms with Crippen molar-refractivity contribution in [3.63, 3.8) is 0 Å². The van der Waals surface area contributed by atoms with Gasteiger partial charge in [0.2, 0.25) is 15.2 Å². The van der Waals surface area contributed by atoms with Crippen LogP contribution in [0.5, 0.6) is 0 Å². The van der Waals surface area contributed by atoms with Gasteiger partial charge in [-0.3, -0.25) is 10.1 Å². The van der Waals surface area contributed by atoms with E-state index in [4.69, 9.17) is 0 Å². The number of nitro benzene ring substituents is 1. The minimum absolute atomic E-state index is 0.119. The molecule has 0 fully saturated rings. The summed E-state index contributed by atoms with van der Waals surface area (Å²) in [5, 5.41) is 16.0. The SMILES string of the molecule is CCN(CC)S(=O)(=O)c1ccc(Sc2nc3ncccn3n2)c([N+](=O)[O-])c1. The topological polar surface area (TPSA) is 124 Å². The van der Waals surface area contributed by atoms with E-state index >= 15 is 0 Å². The van der Waals surface area contributed by atoms with E-state index in [1.54, 1.807) is 32.3 Å². The van der Waals surface area contributed by atoms with E-state index < -0.39 is 14.9 Å². The first-order chi connectivity index (χ1) is 12.9. The van der Waals surface area contributed by atoms with Crippen molar-refractivity contribution < 1.29 is 13.3 Å². The maximum Gasteiger partial charge on any atom is 0.284 e. The molecular weight excluding hydrogens is 392 g/mol. The molecule has 27 heavy (non-hydrogen) atoms. The van der Waals surface area contributed by atoms with E-state index in [2.05, 4.69) is 15.1 Å². The lowest BCUT2D eigenvalue weighted by molar-refractivity contribution is -0.388. The van der Waals surface area contributed by atoms with E-state index in [0.717, 1.165) is 17.8 Å². The number of fused-ring (bicyclic) bond motifs is 1. The number of rotatable bonds is 7. The Kier molecular flexibility index (Phi) is 5.39. The molecule has 0 aliphatic carbocycles. The Morgan fingerprint density at radius 1 is 1.30 bits per heavy atom. The first kappa shape index (κ1) is 19.2. The quantitative estimate of drug-likeness (QED) is 0.430. The van der Waals surface area contributed by atoms with Crippen LogP contribution in [0, 0.1) is 10.1 Å². The van der Waals surface area contributed by atoms with E-state index in [0.29, 0.717) is 5.78 Å². The summed E-state index contributed by atoms with van der Waals surface area (Å²) < 4.78 is 27.9. The van der Waals surface area contributed by atoms with Crippen LogP contribution in [-0.2, 0) is 10.0 Å². The zero-order chi connectivity index (χ0) is 19.6. The van der Waals surface area contributed by atoms with Gasteiger partial charge in [-0.1, -0.05) is 13.8 Å². The van der Waals surface area contributed by atoms with Crippen LogP contribution in [-0.4, -0.2) is 50.3 Å². The lowest BCUT2D eigenvalue weighted by Gasteiger charge is -2.18. The second-order valence-electron chi connectivity index (χ2n) is 5.34. The van der Waals surface area contributed by atoms with Crippen LogP contribution in [0.3, 0.4) is 0 Å². The fourth-order valence-corrected chi connectivity index (χ4v) is 4.76. The predicted octanol–water partition coefficient (Wildman–Crippen LogP) is 2.21. The summed E-state index contributed by atoms with van der Waals surface area (Å²) >= 11 is 0.974. The highest BCUT2D eigenvalue weighted by Crippen LogP contribution is 2.35. The van der Waals surface area contributed by atoms with Crippen LogP contribution in [0.2, 0.25) is 0 Å². The van der Waals surface area contributed by atoms with Gasteiger partial charge < -0.3 is 0 Å². The van der Waals surface area contributed by atoms with Crippen molar-refractivity contribution in [3.05, 3.63) is 46.8 Å². The number of sulfonamides is 1. The van der Waals surface area contributed by atoms with Gasteiger partial charge in [-0.25, -0.2) is 17.9 Å². The predicted molar refractivity (Wildman–Crippen MR) is 98.1 cm³/mol. The zero-order valence-electron chi connectivity index (χ0n) is 14.5. The van der Waals surface area contributed by atoms with Crippen molar-refractivity contribution in [2.75, 3.05) is 13.1 Å². The average molecular weight is 408 g/mol. The second kappa shape index (κ2) is 7.58. The molecule has 0 N–H and O–H groups in total. The van der Waals surface area contributed by atoms with Crippen molar-refractivity contribution in [2.45, 2.75) is 28.8 Å². The Labute approximate surface area is 159 Å².